The average molecular weight is 392 g/mol. The maximum Gasteiger partial charge on any atom is 0.416 e. The molecule has 3 rings (SSSR count). The molecule has 2 nitrogen and oxygen atoms in total. The maximum atomic E-state index is 12.7. The van der Waals surface area contributed by atoms with Crippen LogP contribution < -0.4 is 4.90 Å². The van der Waals surface area contributed by atoms with Gasteiger partial charge in [0.25, 0.3) is 0 Å². The van der Waals surface area contributed by atoms with Crippen molar-refractivity contribution in [3.8, 4) is 0 Å². The normalized spacial score (nSPS) is 18.3. The van der Waals surface area contributed by atoms with Crippen molar-refractivity contribution < 1.29 is 18.0 Å². The van der Waals surface area contributed by atoms with Crippen molar-refractivity contribution in [3.05, 3.63) is 63.6 Å². The number of benzene rings is 2. The van der Waals surface area contributed by atoms with E-state index in [2.05, 4.69) is 0 Å². The van der Waals surface area contributed by atoms with Crippen LogP contribution >= 0.6 is 35.0 Å². The third-order valence-electron chi connectivity index (χ3n) is 3.57. The number of rotatable bonds is 2. The summed E-state index contributed by atoms with van der Waals surface area (Å²) in [6, 6.07) is 9.48. The molecule has 1 amide bonds. The number of carbonyl (C=O) groups excluding carboxylic acids is 1. The Kier molecular flexibility index (Phi) is 4.73. The standard InChI is InChI=1S/C16H10Cl2F3NOS/c17-10-3-6-12(13(18)7-10)15-22(14(23)8-24-15)11-4-1-9(2-5-11)16(19,20)21/h1-7,15H,8H2/t15-/m1/s1. The van der Waals surface area contributed by atoms with Crippen LogP contribution in [0.2, 0.25) is 10.0 Å². The summed E-state index contributed by atoms with van der Waals surface area (Å²) in [4.78, 5) is 13.7. The van der Waals surface area contributed by atoms with Gasteiger partial charge in [-0.1, -0.05) is 29.3 Å². The molecule has 0 aliphatic carbocycles. The number of thioether (sulfide) groups is 1. The van der Waals surface area contributed by atoms with E-state index >= 15 is 0 Å². The van der Waals surface area contributed by atoms with E-state index in [1.165, 1.54) is 28.8 Å². The fourth-order valence-electron chi connectivity index (χ4n) is 2.45. The Hall–Kier alpha value is -1.37. The highest BCUT2D eigenvalue weighted by Gasteiger charge is 2.36. The number of hydrogen-bond acceptors (Lipinski definition) is 2. The summed E-state index contributed by atoms with van der Waals surface area (Å²) >= 11 is 13.5. The van der Waals surface area contributed by atoms with E-state index < -0.39 is 17.1 Å². The zero-order valence-corrected chi connectivity index (χ0v) is 14.3. The van der Waals surface area contributed by atoms with Crippen molar-refractivity contribution in [2.24, 2.45) is 0 Å². The molecule has 1 heterocycles. The number of anilines is 1. The smallest absolute Gasteiger partial charge is 0.295 e. The molecule has 0 spiro atoms. The highest BCUT2D eigenvalue weighted by atomic mass is 35.5. The van der Waals surface area contributed by atoms with Gasteiger partial charge in [0.1, 0.15) is 5.37 Å². The third kappa shape index (κ3) is 3.36. The van der Waals surface area contributed by atoms with Crippen LogP contribution in [0.25, 0.3) is 0 Å². The topological polar surface area (TPSA) is 20.3 Å². The van der Waals surface area contributed by atoms with Gasteiger partial charge in [-0.2, -0.15) is 13.2 Å². The minimum atomic E-state index is -4.42. The fraction of sp³-hybridized carbons (Fsp3) is 0.188. The Labute approximate surface area is 150 Å². The molecule has 1 saturated heterocycles. The summed E-state index contributed by atoms with van der Waals surface area (Å²) in [6.45, 7) is 0. The summed E-state index contributed by atoms with van der Waals surface area (Å²) in [5.74, 6) is 0.0424. The van der Waals surface area contributed by atoms with Gasteiger partial charge in [-0.3, -0.25) is 9.69 Å². The molecule has 126 valence electrons. The van der Waals surface area contributed by atoms with Gasteiger partial charge in [-0.25, -0.2) is 0 Å². The lowest BCUT2D eigenvalue weighted by molar-refractivity contribution is -0.137. The number of carbonyl (C=O) groups is 1. The van der Waals surface area contributed by atoms with E-state index in [-0.39, 0.29) is 11.7 Å². The van der Waals surface area contributed by atoms with Gasteiger partial charge in [0.2, 0.25) is 5.91 Å². The molecule has 1 aliphatic rings. The molecule has 0 saturated carbocycles. The van der Waals surface area contributed by atoms with Crippen molar-refractivity contribution in [2.75, 3.05) is 10.7 Å². The van der Waals surface area contributed by atoms with Gasteiger partial charge in [0.15, 0.2) is 0 Å². The van der Waals surface area contributed by atoms with Crippen LogP contribution in [0.5, 0.6) is 0 Å². The van der Waals surface area contributed by atoms with Crippen molar-refractivity contribution in [3.63, 3.8) is 0 Å². The molecule has 2 aromatic carbocycles. The van der Waals surface area contributed by atoms with Crippen LogP contribution in [-0.4, -0.2) is 11.7 Å². The Balaban J connectivity index is 1.96. The fourth-order valence-corrected chi connectivity index (χ4v) is 4.24. The van der Waals surface area contributed by atoms with E-state index in [0.717, 1.165) is 12.1 Å². The molecule has 0 bridgehead atoms. The first-order valence-corrected chi connectivity index (χ1v) is 8.64. The molecule has 24 heavy (non-hydrogen) atoms. The van der Waals surface area contributed by atoms with Gasteiger partial charge < -0.3 is 0 Å². The first kappa shape index (κ1) is 17.5. The van der Waals surface area contributed by atoms with Gasteiger partial charge in [-0.15, -0.1) is 11.8 Å². The molecule has 1 fully saturated rings. The zero-order valence-electron chi connectivity index (χ0n) is 12.0. The molecular weight excluding hydrogens is 382 g/mol. The zero-order chi connectivity index (χ0) is 17.5. The van der Waals surface area contributed by atoms with Crippen molar-refractivity contribution >= 4 is 46.6 Å². The summed E-state index contributed by atoms with van der Waals surface area (Å²) in [5, 5.41) is 0.477. The predicted octanol–water partition coefficient (Wildman–Crippen LogP) is 5.79. The Morgan fingerprint density at radius 2 is 1.75 bits per heavy atom. The maximum absolute atomic E-state index is 12.7. The van der Waals surface area contributed by atoms with Gasteiger partial charge in [-0.05, 0) is 36.4 Å². The number of halogens is 5. The van der Waals surface area contributed by atoms with Gasteiger partial charge >= 0.3 is 6.18 Å². The van der Waals surface area contributed by atoms with Crippen molar-refractivity contribution in [2.45, 2.75) is 11.6 Å². The molecule has 0 N–H and O–H groups in total. The second kappa shape index (κ2) is 6.50. The number of alkyl halides is 3. The quantitative estimate of drug-likeness (QED) is 0.645. The van der Waals surface area contributed by atoms with Gasteiger partial charge in [0.05, 0.1) is 11.3 Å². The number of hydrogen-bond donors (Lipinski definition) is 0. The second-order valence-electron chi connectivity index (χ2n) is 5.14. The van der Waals surface area contributed by atoms with E-state index in [4.69, 9.17) is 23.2 Å². The largest absolute Gasteiger partial charge is 0.416 e. The lowest BCUT2D eigenvalue weighted by atomic mass is 10.1. The van der Waals surface area contributed by atoms with Gasteiger partial charge in [0, 0.05) is 21.3 Å². The monoisotopic (exact) mass is 391 g/mol. The van der Waals surface area contributed by atoms with Crippen LogP contribution in [-0.2, 0) is 11.0 Å². The van der Waals surface area contributed by atoms with E-state index in [9.17, 15) is 18.0 Å². The summed E-state index contributed by atoms with van der Waals surface area (Å²) < 4.78 is 38.1. The van der Waals surface area contributed by atoms with E-state index in [0.29, 0.717) is 21.3 Å². The lowest BCUT2D eigenvalue weighted by Crippen LogP contribution is -2.28. The first-order chi connectivity index (χ1) is 11.3. The lowest BCUT2D eigenvalue weighted by Gasteiger charge is -2.25. The van der Waals surface area contributed by atoms with Crippen LogP contribution in [0, 0.1) is 0 Å². The molecule has 0 unspecified atom stereocenters. The molecule has 1 atom stereocenters. The van der Waals surface area contributed by atoms with Crippen molar-refractivity contribution in [1.29, 1.82) is 0 Å². The van der Waals surface area contributed by atoms with Crippen LogP contribution in [0.15, 0.2) is 42.5 Å². The minimum Gasteiger partial charge on any atom is -0.295 e. The van der Waals surface area contributed by atoms with Crippen LogP contribution in [0.1, 0.15) is 16.5 Å². The number of nitrogens with zero attached hydrogens (tertiary/aromatic N) is 1. The summed E-state index contributed by atoms with van der Waals surface area (Å²) in [6.07, 6.45) is -4.42. The number of amides is 1. The molecule has 2 aromatic rings. The molecule has 0 aromatic heterocycles. The van der Waals surface area contributed by atoms with Crippen LogP contribution in [0.3, 0.4) is 0 Å². The van der Waals surface area contributed by atoms with E-state index in [1.807, 2.05) is 0 Å². The minimum absolute atomic E-state index is 0.184. The van der Waals surface area contributed by atoms with E-state index in [1.54, 1.807) is 18.2 Å². The molecule has 0 radical (unpaired) electrons. The predicted molar refractivity (Wildman–Crippen MR) is 90.6 cm³/mol. The van der Waals surface area contributed by atoms with Crippen LogP contribution in [0.4, 0.5) is 18.9 Å². The Morgan fingerprint density at radius 3 is 2.33 bits per heavy atom. The van der Waals surface area contributed by atoms with Crippen molar-refractivity contribution in [1.82, 2.24) is 0 Å². The average Bonchev–Trinajstić information content (AvgIpc) is 2.88. The summed E-state index contributed by atoms with van der Waals surface area (Å²) in [7, 11) is 0. The highest BCUT2D eigenvalue weighted by Crippen LogP contribution is 2.44. The third-order valence-corrected chi connectivity index (χ3v) is 5.33. The SMILES string of the molecule is O=C1CS[C@H](c2ccc(Cl)cc2Cl)N1c1ccc(C(F)(F)F)cc1. The molecule has 1 aliphatic heterocycles. The molecular formula is C16H10Cl2F3NOS. The first-order valence-electron chi connectivity index (χ1n) is 6.83. The molecule has 8 heteroatoms. The highest BCUT2D eigenvalue weighted by molar-refractivity contribution is 8.00. The Morgan fingerprint density at radius 1 is 1.08 bits per heavy atom. The Bertz CT molecular complexity index is 780. The summed E-state index contributed by atoms with van der Waals surface area (Å²) in [5.41, 5.74) is 0.331. The second-order valence-corrected chi connectivity index (χ2v) is 7.05.